The van der Waals surface area contributed by atoms with Gasteiger partial charge in [0.05, 0.1) is 24.4 Å². The third-order valence-corrected chi connectivity index (χ3v) is 3.76. The summed E-state index contributed by atoms with van der Waals surface area (Å²) in [6, 6.07) is 9.96. The lowest BCUT2D eigenvalue weighted by atomic mass is 10.2. The fourth-order valence-corrected chi connectivity index (χ4v) is 2.73. The molecule has 0 unspecified atom stereocenters. The van der Waals surface area contributed by atoms with Gasteiger partial charge in [-0.05, 0) is 0 Å². The normalized spacial score (nSPS) is 10.7. The summed E-state index contributed by atoms with van der Waals surface area (Å²) in [5.74, 6) is -0.915. The molecular weight excluding hydrogens is 288 g/mol. The van der Waals surface area contributed by atoms with Gasteiger partial charge in [-0.25, -0.2) is 9.67 Å². The molecule has 2 aromatic heterocycles. The summed E-state index contributed by atoms with van der Waals surface area (Å²) in [7, 11) is 0. The van der Waals surface area contributed by atoms with Crippen molar-refractivity contribution < 1.29 is 9.90 Å². The fourth-order valence-electron chi connectivity index (χ4n) is 1.91. The van der Waals surface area contributed by atoms with Gasteiger partial charge in [-0.3, -0.25) is 4.79 Å². The van der Waals surface area contributed by atoms with Gasteiger partial charge in [0.2, 0.25) is 0 Å². The first kappa shape index (κ1) is 13.4. The largest absolute Gasteiger partial charge is 0.481 e. The zero-order chi connectivity index (χ0) is 14.7. The molecule has 0 aliphatic carbocycles. The highest BCUT2D eigenvalue weighted by molar-refractivity contribution is 7.13. The smallest absolute Gasteiger partial charge is 0.309 e. The van der Waals surface area contributed by atoms with Gasteiger partial charge in [0.1, 0.15) is 5.01 Å². The van der Waals surface area contributed by atoms with Crippen molar-refractivity contribution in [3.8, 4) is 10.6 Å². The Morgan fingerprint density at radius 3 is 2.81 bits per heavy atom. The van der Waals surface area contributed by atoms with Crippen molar-refractivity contribution in [1.29, 1.82) is 0 Å². The van der Waals surface area contributed by atoms with Gasteiger partial charge in [-0.2, -0.15) is 0 Å². The maximum atomic E-state index is 10.6. The van der Waals surface area contributed by atoms with Crippen LogP contribution in [0.15, 0.2) is 41.9 Å². The molecule has 0 aliphatic heterocycles. The van der Waals surface area contributed by atoms with Gasteiger partial charge >= 0.3 is 5.97 Å². The van der Waals surface area contributed by atoms with Gasteiger partial charge in [-0.1, -0.05) is 35.5 Å². The van der Waals surface area contributed by atoms with E-state index in [0.29, 0.717) is 12.2 Å². The summed E-state index contributed by atoms with van der Waals surface area (Å²) < 4.78 is 1.60. The Hall–Kier alpha value is -2.54. The van der Waals surface area contributed by atoms with Crippen LogP contribution in [0.3, 0.4) is 0 Å². The number of hydrogen-bond acceptors (Lipinski definition) is 5. The zero-order valence-electron chi connectivity index (χ0n) is 11.0. The quantitative estimate of drug-likeness (QED) is 0.780. The summed E-state index contributed by atoms with van der Waals surface area (Å²) in [4.78, 5) is 15.2. The van der Waals surface area contributed by atoms with Crippen LogP contribution >= 0.6 is 11.3 Å². The van der Waals surface area contributed by atoms with E-state index in [0.717, 1.165) is 16.3 Å². The number of carbonyl (C=O) groups is 1. The van der Waals surface area contributed by atoms with E-state index in [9.17, 15) is 4.79 Å². The zero-order valence-corrected chi connectivity index (χ0v) is 11.8. The minimum absolute atomic E-state index is 0.119. The topological polar surface area (TPSA) is 80.9 Å². The number of rotatable bonds is 5. The fraction of sp³-hybridized carbons (Fsp3) is 0.143. The van der Waals surface area contributed by atoms with Crippen molar-refractivity contribution in [3.05, 3.63) is 53.3 Å². The van der Waals surface area contributed by atoms with Crippen LogP contribution in [0, 0.1) is 0 Å². The minimum Gasteiger partial charge on any atom is -0.481 e. The Balaban J connectivity index is 1.73. The van der Waals surface area contributed by atoms with Crippen molar-refractivity contribution in [2.45, 2.75) is 13.0 Å². The molecule has 21 heavy (non-hydrogen) atoms. The summed E-state index contributed by atoms with van der Waals surface area (Å²) in [5.41, 5.74) is 2.41. The molecule has 0 saturated heterocycles. The molecule has 1 aromatic carbocycles. The van der Waals surface area contributed by atoms with Crippen molar-refractivity contribution in [2.24, 2.45) is 0 Å². The van der Waals surface area contributed by atoms with Crippen molar-refractivity contribution >= 4 is 17.3 Å². The van der Waals surface area contributed by atoms with Crippen LogP contribution < -0.4 is 0 Å². The second kappa shape index (κ2) is 5.84. The molecule has 1 N–H and O–H groups in total. The first-order chi connectivity index (χ1) is 10.2. The Morgan fingerprint density at radius 1 is 1.24 bits per heavy atom. The number of benzene rings is 1. The molecule has 0 spiro atoms. The van der Waals surface area contributed by atoms with Crippen LogP contribution in [-0.2, 0) is 17.8 Å². The molecule has 7 heteroatoms. The standard InChI is InChI=1S/C14H12N4O2S/c19-13(20)6-11-7-18(17-16-11)8-12-9-21-14(15-12)10-4-2-1-3-5-10/h1-5,7,9H,6,8H2,(H,19,20). The predicted octanol–water partition coefficient (Wildman–Crippen LogP) is 2.08. The third kappa shape index (κ3) is 3.32. The van der Waals surface area contributed by atoms with Gasteiger partial charge in [0, 0.05) is 17.1 Å². The second-order valence-electron chi connectivity index (χ2n) is 4.49. The lowest BCUT2D eigenvalue weighted by molar-refractivity contribution is -0.136. The van der Waals surface area contributed by atoms with Crippen molar-refractivity contribution in [1.82, 2.24) is 20.0 Å². The molecule has 0 aliphatic rings. The number of thiazole rings is 1. The molecule has 0 amide bonds. The Morgan fingerprint density at radius 2 is 2.05 bits per heavy atom. The molecule has 0 bridgehead atoms. The van der Waals surface area contributed by atoms with Crippen LogP contribution in [0.25, 0.3) is 10.6 Å². The first-order valence-electron chi connectivity index (χ1n) is 6.31. The van der Waals surface area contributed by atoms with E-state index in [1.54, 1.807) is 22.2 Å². The molecule has 2 heterocycles. The van der Waals surface area contributed by atoms with Crippen LogP contribution in [0.5, 0.6) is 0 Å². The van der Waals surface area contributed by atoms with Gasteiger partial charge < -0.3 is 5.11 Å². The molecule has 3 aromatic rings. The van der Waals surface area contributed by atoms with Crippen LogP contribution in [0.2, 0.25) is 0 Å². The molecule has 0 atom stereocenters. The van der Waals surface area contributed by atoms with Crippen molar-refractivity contribution in [2.75, 3.05) is 0 Å². The van der Waals surface area contributed by atoms with E-state index in [1.807, 2.05) is 35.7 Å². The van der Waals surface area contributed by atoms with E-state index in [1.165, 1.54) is 0 Å². The second-order valence-corrected chi connectivity index (χ2v) is 5.35. The highest BCUT2D eigenvalue weighted by Crippen LogP contribution is 2.23. The van der Waals surface area contributed by atoms with Gasteiger partial charge in [-0.15, -0.1) is 16.4 Å². The number of hydrogen-bond donors (Lipinski definition) is 1. The monoisotopic (exact) mass is 300 g/mol. The van der Waals surface area contributed by atoms with E-state index >= 15 is 0 Å². The SMILES string of the molecule is O=C(O)Cc1cn(Cc2csc(-c3ccccc3)n2)nn1. The number of aliphatic carboxylic acids is 1. The van der Waals surface area contributed by atoms with Crippen molar-refractivity contribution in [3.63, 3.8) is 0 Å². The molecule has 0 fully saturated rings. The number of aromatic nitrogens is 4. The average molecular weight is 300 g/mol. The summed E-state index contributed by atoms with van der Waals surface area (Å²) >= 11 is 1.57. The molecular formula is C14H12N4O2S. The molecule has 0 saturated carbocycles. The molecule has 0 radical (unpaired) electrons. The predicted molar refractivity (Wildman–Crippen MR) is 78.0 cm³/mol. The van der Waals surface area contributed by atoms with Gasteiger partial charge in [0.15, 0.2) is 0 Å². The maximum absolute atomic E-state index is 10.6. The summed E-state index contributed by atoms with van der Waals surface area (Å²) in [6.07, 6.45) is 1.52. The van der Waals surface area contributed by atoms with E-state index in [-0.39, 0.29) is 6.42 Å². The Kier molecular flexibility index (Phi) is 3.74. The number of carboxylic acid groups (broad SMARTS) is 1. The molecule has 106 valence electrons. The Labute approximate surface area is 124 Å². The van der Waals surface area contributed by atoms with Crippen LogP contribution in [0.1, 0.15) is 11.4 Å². The third-order valence-electron chi connectivity index (χ3n) is 2.81. The summed E-state index contributed by atoms with van der Waals surface area (Å²) in [5, 5.41) is 19.4. The highest BCUT2D eigenvalue weighted by atomic mass is 32.1. The minimum atomic E-state index is -0.915. The first-order valence-corrected chi connectivity index (χ1v) is 7.19. The number of carboxylic acids is 1. The Bertz CT molecular complexity index is 751. The number of nitrogens with zero attached hydrogens (tertiary/aromatic N) is 4. The average Bonchev–Trinajstić information content (AvgIpc) is 3.09. The van der Waals surface area contributed by atoms with E-state index in [4.69, 9.17) is 5.11 Å². The van der Waals surface area contributed by atoms with E-state index in [2.05, 4.69) is 15.3 Å². The highest BCUT2D eigenvalue weighted by Gasteiger charge is 2.08. The van der Waals surface area contributed by atoms with Gasteiger partial charge in [0.25, 0.3) is 0 Å². The van der Waals surface area contributed by atoms with Crippen LogP contribution in [-0.4, -0.2) is 31.1 Å². The van der Waals surface area contributed by atoms with E-state index < -0.39 is 5.97 Å². The maximum Gasteiger partial charge on any atom is 0.309 e. The molecule has 3 rings (SSSR count). The van der Waals surface area contributed by atoms with Crippen LogP contribution in [0.4, 0.5) is 0 Å². The summed E-state index contributed by atoms with van der Waals surface area (Å²) in [6.45, 7) is 0.482. The lowest BCUT2D eigenvalue weighted by Gasteiger charge is -1.96. The molecule has 6 nitrogen and oxygen atoms in total. The lowest BCUT2D eigenvalue weighted by Crippen LogP contribution is -2.01.